The summed E-state index contributed by atoms with van der Waals surface area (Å²) in [5, 5.41) is 0. The Labute approximate surface area is 69.9 Å². The van der Waals surface area contributed by atoms with E-state index in [-0.39, 0.29) is 0 Å². The predicted octanol–water partition coefficient (Wildman–Crippen LogP) is 1.59. The fraction of sp³-hybridized carbons (Fsp3) is 0. The monoisotopic (exact) mass is 155 g/mol. The van der Waals surface area contributed by atoms with Crippen molar-refractivity contribution < 1.29 is 8.83 Å². The first-order valence-corrected chi connectivity index (χ1v) is 3.66. The molecule has 3 rings (SSSR count). The summed E-state index contributed by atoms with van der Waals surface area (Å²) in [5.41, 5.74) is 2.61. The fourth-order valence-electron chi connectivity index (χ4n) is 1.54. The normalized spacial score (nSPS) is 13.1. The van der Waals surface area contributed by atoms with Gasteiger partial charge in [0.1, 0.15) is 0 Å². The first-order valence-electron chi connectivity index (χ1n) is 3.66. The molecule has 0 saturated carbocycles. The van der Waals surface area contributed by atoms with Crippen LogP contribution in [0.5, 0.6) is 0 Å². The molecule has 2 aromatic rings. The van der Waals surface area contributed by atoms with Crippen LogP contribution in [0.15, 0.2) is 33.5 Å². The van der Waals surface area contributed by atoms with Crippen LogP contribution < -0.4 is 0 Å². The van der Waals surface area contributed by atoms with Crippen LogP contribution in [0.3, 0.4) is 0 Å². The van der Waals surface area contributed by atoms with Gasteiger partial charge in [0, 0.05) is 0 Å². The zero-order chi connectivity index (χ0) is 8.13. The Morgan fingerprint density at radius 2 is 1.42 bits per heavy atom. The molecular weight excluding hydrogens is 151 g/mol. The number of fused-ring (bicyclic) bond motifs is 3. The predicted molar refractivity (Wildman–Crippen MR) is 45.4 cm³/mol. The van der Waals surface area contributed by atoms with E-state index in [4.69, 9.17) is 16.3 Å². The summed E-state index contributed by atoms with van der Waals surface area (Å²) in [5.74, 6) is 1.49. The van der Waals surface area contributed by atoms with E-state index < -0.39 is 0 Å². The van der Waals surface area contributed by atoms with Crippen LogP contribution in [-0.4, -0.2) is 13.0 Å². The van der Waals surface area contributed by atoms with Gasteiger partial charge in [-0.2, -0.15) is 0 Å². The molecule has 0 aromatic carbocycles. The van der Waals surface area contributed by atoms with E-state index in [2.05, 4.69) is 0 Å². The van der Waals surface area contributed by atoms with Crippen molar-refractivity contribution in [3.8, 4) is 11.5 Å². The molecule has 0 N–H and O–H groups in total. The molecule has 0 fully saturated rings. The van der Waals surface area contributed by atoms with Crippen LogP contribution in [-0.2, 0) is 0 Å². The molecule has 0 saturated heterocycles. The number of rotatable bonds is 0. The first-order chi connectivity index (χ1) is 5.88. The van der Waals surface area contributed by atoms with Gasteiger partial charge in [-0.3, -0.25) is 0 Å². The Morgan fingerprint density at radius 1 is 0.917 bits per heavy atom. The number of hydrogen-bond acceptors (Lipinski definition) is 2. The fourth-order valence-corrected chi connectivity index (χ4v) is 1.54. The van der Waals surface area contributed by atoms with Crippen LogP contribution >= 0.6 is 0 Å². The summed E-state index contributed by atoms with van der Waals surface area (Å²) in [6, 6.07) is 3.69. The molecule has 3 heteroatoms. The maximum atomic E-state index is 5.84. The summed E-state index contributed by atoms with van der Waals surface area (Å²) in [4.78, 5) is 0. The van der Waals surface area contributed by atoms with Crippen molar-refractivity contribution in [3.63, 3.8) is 0 Å². The molecule has 12 heavy (non-hydrogen) atoms. The summed E-state index contributed by atoms with van der Waals surface area (Å²) >= 11 is 0. The van der Waals surface area contributed by atoms with Crippen molar-refractivity contribution in [1.29, 1.82) is 0 Å². The number of hydrogen-bond donors (Lipinski definition) is 0. The van der Waals surface area contributed by atoms with Gasteiger partial charge in [-0.25, -0.2) is 0 Å². The second-order valence-electron chi connectivity index (χ2n) is 2.74. The average molecular weight is 155 g/mol. The molecule has 1 aliphatic carbocycles. The molecule has 2 nitrogen and oxygen atoms in total. The Bertz CT molecular complexity index is 422. The Kier molecular flexibility index (Phi) is 0.911. The standard InChI is InChI=1S/C9H4BO2/c10-7-5-1-3-11-8(5)9-6(7)2-4-12-9/h1-4H. The van der Waals surface area contributed by atoms with E-state index in [0.29, 0.717) is 0 Å². The third-order valence-corrected chi connectivity index (χ3v) is 2.12. The molecule has 2 aromatic heterocycles. The van der Waals surface area contributed by atoms with Gasteiger partial charge in [-0.1, -0.05) is 0 Å². The van der Waals surface area contributed by atoms with Crippen LogP contribution in [0.2, 0.25) is 0 Å². The van der Waals surface area contributed by atoms with E-state index in [9.17, 15) is 0 Å². The van der Waals surface area contributed by atoms with Gasteiger partial charge >= 0.3 is 69.1 Å². The Hall–Kier alpha value is -1.51. The molecule has 55 valence electrons. The number of furan rings is 2. The van der Waals surface area contributed by atoms with Gasteiger partial charge < -0.3 is 0 Å². The quantitative estimate of drug-likeness (QED) is 0.460. The Morgan fingerprint density at radius 3 is 1.92 bits per heavy atom. The van der Waals surface area contributed by atoms with E-state index >= 15 is 0 Å². The molecular formula is C9H4BO2. The van der Waals surface area contributed by atoms with E-state index in [1.165, 1.54) is 0 Å². The van der Waals surface area contributed by atoms with E-state index in [0.717, 1.165) is 28.1 Å². The molecule has 0 bridgehead atoms. The summed E-state index contributed by atoms with van der Waals surface area (Å²) < 4.78 is 10.5. The van der Waals surface area contributed by atoms with Crippen LogP contribution in [0.1, 0.15) is 11.1 Å². The topological polar surface area (TPSA) is 26.3 Å². The molecule has 0 atom stereocenters. The van der Waals surface area contributed by atoms with Crippen molar-refractivity contribution in [2.75, 3.05) is 0 Å². The van der Waals surface area contributed by atoms with Crippen LogP contribution in [0, 0.1) is 0 Å². The van der Waals surface area contributed by atoms with E-state index in [1.54, 1.807) is 12.5 Å². The molecule has 0 amide bonds. The van der Waals surface area contributed by atoms with Crippen LogP contribution in [0.25, 0.3) is 11.5 Å². The minimum absolute atomic E-state index is 0.738. The van der Waals surface area contributed by atoms with Gasteiger partial charge in [0.2, 0.25) is 0 Å². The molecule has 0 unspecified atom stereocenters. The second kappa shape index (κ2) is 1.80. The second-order valence-corrected chi connectivity index (χ2v) is 2.74. The third kappa shape index (κ3) is 0.513. The maximum absolute atomic E-state index is 5.84. The van der Waals surface area contributed by atoms with Crippen LogP contribution in [0.4, 0.5) is 0 Å². The summed E-state index contributed by atoms with van der Waals surface area (Å²) in [7, 11) is 5.84. The van der Waals surface area contributed by atoms with Crippen molar-refractivity contribution in [1.82, 2.24) is 0 Å². The average Bonchev–Trinajstić information content (AvgIpc) is 2.72. The molecule has 1 aliphatic rings. The Balaban J connectivity index is 2.47. The van der Waals surface area contributed by atoms with Gasteiger partial charge in [0.25, 0.3) is 0 Å². The molecule has 1 radical (unpaired) electrons. The first kappa shape index (κ1) is 6.06. The van der Waals surface area contributed by atoms with Gasteiger partial charge in [-0.15, -0.1) is 0 Å². The van der Waals surface area contributed by atoms with E-state index in [1.807, 2.05) is 12.1 Å². The molecule has 0 aliphatic heterocycles. The molecule has 0 spiro atoms. The zero-order valence-electron chi connectivity index (χ0n) is 6.20. The third-order valence-electron chi connectivity index (χ3n) is 2.12. The van der Waals surface area contributed by atoms with Crippen molar-refractivity contribution in [3.05, 3.63) is 35.8 Å². The minimum atomic E-state index is 0.738. The zero-order valence-corrected chi connectivity index (χ0v) is 6.20. The summed E-state index contributed by atoms with van der Waals surface area (Å²) in [6.45, 7) is 0. The van der Waals surface area contributed by atoms with Gasteiger partial charge in [0.15, 0.2) is 0 Å². The van der Waals surface area contributed by atoms with Crippen molar-refractivity contribution in [2.45, 2.75) is 0 Å². The van der Waals surface area contributed by atoms with Crippen molar-refractivity contribution in [2.24, 2.45) is 0 Å². The van der Waals surface area contributed by atoms with Crippen molar-refractivity contribution >= 4 is 13.0 Å². The van der Waals surface area contributed by atoms with Gasteiger partial charge in [0.05, 0.1) is 0 Å². The molecule has 2 heterocycles. The summed E-state index contributed by atoms with van der Waals surface area (Å²) in [6.07, 6.45) is 3.23. The SMILES string of the molecule is [B]=C1c2ccoc2-c2occc21. The van der Waals surface area contributed by atoms with Gasteiger partial charge in [-0.05, 0) is 0 Å².